The molecule has 112 valence electrons. The lowest BCUT2D eigenvalue weighted by molar-refractivity contribution is 0.606. The normalized spacial score (nSPS) is 10.7. The molecule has 2 heterocycles. The van der Waals surface area contributed by atoms with Crippen LogP contribution in [0, 0.1) is 12.8 Å². The molecular formula is C16H23N5. The SMILES string of the molecule is Cc1cc(NCc2ccccn2)nc(NCCC(C)C)n1. The van der Waals surface area contributed by atoms with Crippen molar-refractivity contribution in [3.05, 3.63) is 41.9 Å². The molecule has 0 aliphatic rings. The van der Waals surface area contributed by atoms with E-state index in [0.29, 0.717) is 18.4 Å². The molecule has 21 heavy (non-hydrogen) atoms. The van der Waals surface area contributed by atoms with E-state index in [1.165, 1.54) is 0 Å². The second kappa shape index (κ2) is 7.57. The summed E-state index contributed by atoms with van der Waals surface area (Å²) in [7, 11) is 0. The summed E-state index contributed by atoms with van der Waals surface area (Å²) in [6.07, 6.45) is 2.90. The predicted octanol–water partition coefficient (Wildman–Crippen LogP) is 3.25. The smallest absolute Gasteiger partial charge is 0.224 e. The molecule has 0 fully saturated rings. The highest BCUT2D eigenvalue weighted by Gasteiger charge is 2.03. The Morgan fingerprint density at radius 3 is 2.71 bits per heavy atom. The standard InChI is InChI=1S/C16H23N5/c1-12(2)7-9-18-16-20-13(3)10-15(21-16)19-11-14-6-4-5-8-17-14/h4-6,8,10,12H,7,9,11H2,1-3H3,(H2,18,19,20,21). The topological polar surface area (TPSA) is 62.7 Å². The quantitative estimate of drug-likeness (QED) is 0.817. The molecule has 2 N–H and O–H groups in total. The first-order valence-corrected chi connectivity index (χ1v) is 7.37. The number of aromatic nitrogens is 3. The van der Waals surface area contributed by atoms with Crippen LogP contribution in [0.4, 0.5) is 11.8 Å². The van der Waals surface area contributed by atoms with Gasteiger partial charge in [-0.15, -0.1) is 0 Å². The van der Waals surface area contributed by atoms with Gasteiger partial charge in [-0.2, -0.15) is 4.98 Å². The maximum atomic E-state index is 4.48. The van der Waals surface area contributed by atoms with Crippen molar-refractivity contribution < 1.29 is 0 Å². The van der Waals surface area contributed by atoms with Crippen LogP contribution in [0.2, 0.25) is 0 Å². The molecule has 2 rings (SSSR count). The minimum Gasteiger partial charge on any atom is -0.364 e. The van der Waals surface area contributed by atoms with E-state index in [4.69, 9.17) is 0 Å². The first-order chi connectivity index (χ1) is 10.1. The molecule has 0 spiro atoms. The summed E-state index contributed by atoms with van der Waals surface area (Å²) in [5.74, 6) is 2.17. The van der Waals surface area contributed by atoms with Gasteiger partial charge < -0.3 is 10.6 Å². The van der Waals surface area contributed by atoms with Crippen molar-refractivity contribution >= 4 is 11.8 Å². The number of anilines is 2. The van der Waals surface area contributed by atoms with Gasteiger partial charge in [0, 0.05) is 24.5 Å². The van der Waals surface area contributed by atoms with E-state index in [0.717, 1.165) is 30.2 Å². The fourth-order valence-corrected chi connectivity index (χ4v) is 1.89. The van der Waals surface area contributed by atoms with Crippen LogP contribution in [0.25, 0.3) is 0 Å². The lowest BCUT2D eigenvalue weighted by Crippen LogP contribution is -2.10. The van der Waals surface area contributed by atoms with Crippen LogP contribution in [0.5, 0.6) is 0 Å². The number of aryl methyl sites for hydroxylation is 1. The average Bonchev–Trinajstić information content (AvgIpc) is 2.45. The molecule has 0 unspecified atom stereocenters. The second-order valence-electron chi connectivity index (χ2n) is 5.50. The molecule has 0 amide bonds. The molecule has 0 aliphatic heterocycles. The zero-order chi connectivity index (χ0) is 15.1. The number of rotatable bonds is 7. The number of nitrogens with one attached hydrogen (secondary N) is 2. The van der Waals surface area contributed by atoms with Gasteiger partial charge in [-0.05, 0) is 31.4 Å². The summed E-state index contributed by atoms with van der Waals surface area (Å²) in [5.41, 5.74) is 1.93. The van der Waals surface area contributed by atoms with Crippen LogP contribution in [-0.2, 0) is 6.54 Å². The Balaban J connectivity index is 1.94. The second-order valence-corrected chi connectivity index (χ2v) is 5.50. The van der Waals surface area contributed by atoms with Gasteiger partial charge in [-0.1, -0.05) is 19.9 Å². The molecule has 2 aromatic rings. The average molecular weight is 285 g/mol. The number of pyridine rings is 1. The van der Waals surface area contributed by atoms with Crippen molar-refractivity contribution in [1.29, 1.82) is 0 Å². The Morgan fingerprint density at radius 2 is 2.00 bits per heavy atom. The minimum atomic E-state index is 0.655. The summed E-state index contributed by atoms with van der Waals surface area (Å²) < 4.78 is 0. The first-order valence-electron chi connectivity index (χ1n) is 7.37. The van der Waals surface area contributed by atoms with Gasteiger partial charge in [0.05, 0.1) is 12.2 Å². The molecule has 5 nitrogen and oxygen atoms in total. The first kappa shape index (κ1) is 15.2. The van der Waals surface area contributed by atoms with Crippen molar-refractivity contribution in [3.63, 3.8) is 0 Å². The highest BCUT2D eigenvalue weighted by molar-refractivity contribution is 5.42. The van der Waals surface area contributed by atoms with Crippen LogP contribution in [0.15, 0.2) is 30.5 Å². The molecule has 0 saturated heterocycles. The molecule has 0 saturated carbocycles. The van der Waals surface area contributed by atoms with Crippen molar-refractivity contribution in [3.8, 4) is 0 Å². The predicted molar refractivity (Wildman–Crippen MR) is 86.3 cm³/mol. The summed E-state index contributed by atoms with van der Waals surface area (Å²) in [5, 5.41) is 6.57. The molecular weight excluding hydrogens is 262 g/mol. The van der Waals surface area contributed by atoms with E-state index in [9.17, 15) is 0 Å². The summed E-state index contributed by atoms with van der Waals surface area (Å²) in [6.45, 7) is 7.93. The van der Waals surface area contributed by atoms with Gasteiger partial charge in [0.2, 0.25) is 5.95 Å². The maximum absolute atomic E-state index is 4.48. The largest absolute Gasteiger partial charge is 0.364 e. The molecule has 0 radical (unpaired) electrons. The third-order valence-corrected chi connectivity index (χ3v) is 3.04. The van der Waals surface area contributed by atoms with Crippen molar-refractivity contribution in [2.75, 3.05) is 17.2 Å². The molecule has 0 aliphatic carbocycles. The third kappa shape index (κ3) is 5.38. The minimum absolute atomic E-state index is 0.655. The van der Waals surface area contributed by atoms with Crippen LogP contribution in [0.1, 0.15) is 31.7 Å². The maximum Gasteiger partial charge on any atom is 0.224 e. The van der Waals surface area contributed by atoms with E-state index < -0.39 is 0 Å². The molecule has 0 aromatic carbocycles. The van der Waals surface area contributed by atoms with Gasteiger partial charge in [0.25, 0.3) is 0 Å². The third-order valence-electron chi connectivity index (χ3n) is 3.04. The lowest BCUT2D eigenvalue weighted by atomic mass is 10.1. The number of nitrogens with zero attached hydrogens (tertiary/aromatic N) is 3. The van der Waals surface area contributed by atoms with Crippen LogP contribution in [0.3, 0.4) is 0 Å². The number of hydrogen-bond acceptors (Lipinski definition) is 5. The van der Waals surface area contributed by atoms with Crippen molar-refractivity contribution in [2.45, 2.75) is 33.7 Å². The van der Waals surface area contributed by atoms with Gasteiger partial charge in [-0.3, -0.25) is 4.98 Å². The summed E-state index contributed by atoms with van der Waals surface area (Å²) >= 11 is 0. The van der Waals surface area contributed by atoms with E-state index in [-0.39, 0.29) is 0 Å². The Bertz CT molecular complexity index is 554. The fourth-order valence-electron chi connectivity index (χ4n) is 1.89. The molecule has 5 heteroatoms. The Labute approximate surface area is 126 Å². The molecule has 0 bridgehead atoms. The van der Waals surface area contributed by atoms with Gasteiger partial charge >= 0.3 is 0 Å². The molecule has 2 aromatic heterocycles. The van der Waals surface area contributed by atoms with E-state index in [2.05, 4.69) is 39.4 Å². The Morgan fingerprint density at radius 1 is 1.14 bits per heavy atom. The van der Waals surface area contributed by atoms with E-state index in [1.807, 2.05) is 31.2 Å². The number of hydrogen-bond donors (Lipinski definition) is 2. The van der Waals surface area contributed by atoms with Gasteiger partial charge in [-0.25, -0.2) is 4.98 Å². The van der Waals surface area contributed by atoms with Gasteiger partial charge in [0.1, 0.15) is 5.82 Å². The van der Waals surface area contributed by atoms with Crippen LogP contribution >= 0.6 is 0 Å². The summed E-state index contributed by atoms with van der Waals surface area (Å²) in [4.78, 5) is 13.2. The Hall–Kier alpha value is -2.17. The highest BCUT2D eigenvalue weighted by Crippen LogP contribution is 2.11. The Kier molecular flexibility index (Phi) is 5.49. The van der Waals surface area contributed by atoms with Crippen molar-refractivity contribution in [1.82, 2.24) is 15.0 Å². The zero-order valence-corrected chi connectivity index (χ0v) is 12.9. The van der Waals surface area contributed by atoms with Crippen molar-refractivity contribution in [2.24, 2.45) is 5.92 Å². The summed E-state index contributed by atoms with van der Waals surface area (Å²) in [6, 6.07) is 7.82. The van der Waals surface area contributed by atoms with Crippen LogP contribution in [-0.4, -0.2) is 21.5 Å². The highest BCUT2D eigenvalue weighted by atomic mass is 15.1. The lowest BCUT2D eigenvalue weighted by Gasteiger charge is -2.10. The van der Waals surface area contributed by atoms with Crippen LogP contribution < -0.4 is 10.6 Å². The van der Waals surface area contributed by atoms with Gasteiger partial charge in [0.15, 0.2) is 0 Å². The fraction of sp³-hybridized carbons (Fsp3) is 0.438. The van der Waals surface area contributed by atoms with E-state index in [1.54, 1.807) is 6.20 Å². The monoisotopic (exact) mass is 285 g/mol. The van der Waals surface area contributed by atoms with E-state index >= 15 is 0 Å². The zero-order valence-electron chi connectivity index (χ0n) is 12.9. The molecule has 0 atom stereocenters.